The largest absolute Gasteiger partial charge is 0.491 e. The zero-order valence-corrected chi connectivity index (χ0v) is 18.7. The van der Waals surface area contributed by atoms with Gasteiger partial charge in [-0.15, -0.1) is 0 Å². The first-order chi connectivity index (χ1) is 16.0. The standard InChI is InChI=1S/C23H27FN4O5/c1-3-31-19-12-15(13-20(21(19)24)32-4-2)14-27-10-8-16(9-11-27)25-23-26-17-6-5-7-18(28(29)30)22(17)33-23/h5-7,12-13,16H,3-4,8-11,14H2,1-2H3,(H,25,26). The summed E-state index contributed by atoms with van der Waals surface area (Å²) in [5, 5.41) is 14.5. The van der Waals surface area contributed by atoms with Crippen LogP contribution in [0.25, 0.3) is 11.1 Å². The van der Waals surface area contributed by atoms with Gasteiger partial charge in [-0.2, -0.15) is 9.37 Å². The fourth-order valence-corrected chi connectivity index (χ4v) is 4.05. The highest BCUT2D eigenvalue weighted by Gasteiger charge is 2.23. The van der Waals surface area contributed by atoms with Crippen LogP contribution in [0, 0.1) is 15.9 Å². The van der Waals surface area contributed by atoms with E-state index in [1.807, 2.05) is 13.8 Å². The highest BCUT2D eigenvalue weighted by atomic mass is 19.1. The summed E-state index contributed by atoms with van der Waals surface area (Å²) >= 11 is 0. The minimum absolute atomic E-state index is 0.0972. The van der Waals surface area contributed by atoms with Gasteiger partial charge in [0.15, 0.2) is 11.5 Å². The maximum absolute atomic E-state index is 14.5. The molecule has 176 valence electrons. The van der Waals surface area contributed by atoms with Gasteiger partial charge in [0.05, 0.1) is 18.1 Å². The van der Waals surface area contributed by atoms with Crippen molar-refractivity contribution < 1.29 is 23.2 Å². The maximum atomic E-state index is 14.5. The molecule has 1 fully saturated rings. The third-order valence-corrected chi connectivity index (χ3v) is 5.58. The molecule has 0 amide bonds. The second-order valence-corrected chi connectivity index (χ2v) is 7.87. The predicted octanol–water partition coefficient (Wildman–Crippen LogP) is 4.75. The molecule has 0 radical (unpaired) electrons. The van der Waals surface area contributed by atoms with Crippen LogP contribution in [0.3, 0.4) is 0 Å². The number of nitrogens with one attached hydrogen (secondary N) is 1. The van der Waals surface area contributed by atoms with E-state index in [-0.39, 0.29) is 28.8 Å². The van der Waals surface area contributed by atoms with E-state index in [1.54, 1.807) is 24.3 Å². The lowest BCUT2D eigenvalue weighted by atomic mass is 10.0. The topological polar surface area (TPSA) is 103 Å². The van der Waals surface area contributed by atoms with Gasteiger partial charge in [0.1, 0.15) is 5.52 Å². The smallest absolute Gasteiger partial charge is 0.313 e. The monoisotopic (exact) mass is 458 g/mol. The molecule has 0 saturated carbocycles. The van der Waals surface area contributed by atoms with Crippen molar-refractivity contribution in [3.8, 4) is 11.5 Å². The van der Waals surface area contributed by atoms with Crippen molar-refractivity contribution in [2.75, 3.05) is 31.6 Å². The Morgan fingerprint density at radius 3 is 2.48 bits per heavy atom. The van der Waals surface area contributed by atoms with Gasteiger partial charge in [0.25, 0.3) is 6.01 Å². The summed E-state index contributed by atoms with van der Waals surface area (Å²) in [5.74, 6) is -0.0518. The molecule has 0 atom stereocenters. The second kappa shape index (κ2) is 10.0. The number of benzene rings is 2. The lowest BCUT2D eigenvalue weighted by molar-refractivity contribution is -0.383. The molecule has 1 aromatic heterocycles. The maximum Gasteiger partial charge on any atom is 0.313 e. The molecule has 0 unspecified atom stereocenters. The van der Waals surface area contributed by atoms with E-state index in [9.17, 15) is 14.5 Å². The molecule has 2 heterocycles. The number of nitro groups is 1. The average molecular weight is 458 g/mol. The number of hydrogen-bond donors (Lipinski definition) is 1. The first kappa shape index (κ1) is 22.8. The Bertz CT molecular complexity index is 1100. The summed E-state index contributed by atoms with van der Waals surface area (Å²) in [6.45, 7) is 6.69. The number of para-hydroxylation sites is 1. The zero-order chi connectivity index (χ0) is 23.4. The van der Waals surface area contributed by atoms with Crippen LogP contribution in [0.4, 0.5) is 16.1 Å². The number of aromatic nitrogens is 1. The first-order valence-electron chi connectivity index (χ1n) is 11.1. The van der Waals surface area contributed by atoms with E-state index in [1.165, 1.54) is 6.07 Å². The van der Waals surface area contributed by atoms with Crippen LogP contribution in [-0.4, -0.2) is 47.2 Å². The molecule has 1 aliphatic heterocycles. The summed E-state index contributed by atoms with van der Waals surface area (Å²) in [5.41, 5.74) is 1.46. The van der Waals surface area contributed by atoms with E-state index in [0.29, 0.717) is 31.3 Å². The number of oxazole rings is 1. The number of hydrogen-bond acceptors (Lipinski definition) is 8. The van der Waals surface area contributed by atoms with Gasteiger partial charge in [-0.1, -0.05) is 6.07 Å². The van der Waals surface area contributed by atoms with Crippen LogP contribution >= 0.6 is 0 Å². The third kappa shape index (κ3) is 5.16. The third-order valence-electron chi connectivity index (χ3n) is 5.58. The van der Waals surface area contributed by atoms with Gasteiger partial charge in [-0.25, -0.2) is 0 Å². The molecule has 2 aromatic carbocycles. The minimum Gasteiger partial charge on any atom is -0.491 e. The highest BCUT2D eigenvalue weighted by Crippen LogP contribution is 2.31. The van der Waals surface area contributed by atoms with Crippen LogP contribution in [0.2, 0.25) is 0 Å². The van der Waals surface area contributed by atoms with Crippen molar-refractivity contribution in [1.29, 1.82) is 0 Å². The number of nitro benzene ring substituents is 1. The number of rotatable bonds is 9. The Kier molecular flexibility index (Phi) is 6.93. The lowest BCUT2D eigenvalue weighted by Crippen LogP contribution is -2.38. The first-order valence-corrected chi connectivity index (χ1v) is 11.1. The SMILES string of the molecule is CCOc1cc(CN2CCC(Nc3nc4cccc([N+](=O)[O-])c4o3)CC2)cc(OCC)c1F. The van der Waals surface area contributed by atoms with E-state index < -0.39 is 10.7 Å². The molecule has 0 spiro atoms. The Balaban J connectivity index is 1.38. The number of halogens is 1. The molecule has 1 saturated heterocycles. The predicted molar refractivity (Wildman–Crippen MR) is 121 cm³/mol. The molecule has 33 heavy (non-hydrogen) atoms. The number of anilines is 1. The molecular formula is C23H27FN4O5. The van der Waals surface area contributed by atoms with Crippen molar-refractivity contribution in [2.24, 2.45) is 0 Å². The summed E-state index contributed by atoms with van der Waals surface area (Å²) in [7, 11) is 0. The van der Waals surface area contributed by atoms with Crippen LogP contribution < -0.4 is 14.8 Å². The van der Waals surface area contributed by atoms with E-state index in [2.05, 4.69) is 15.2 Å². The molecule has 1 aliphatic rings. The zero-order valence-electron chi connectivity index (χ0n) is 18.7. The second-order valence-electron chi connectivity index (χ2n) is 7.87. The molecule has 9 nitrogen and oxygen atoms in total. The van der Waals surface area contributed by atoms with Crippen LogP contribution in [0.15, 0.2) is 34.7 Å². The quantitative estimate of drug-likeness (QED) is 0.362. The molecule has 1 N–H and O–H groups in total. The van der Waals surface area contributed by atoms with E-state index in [0.717, 1.165) is 31.5 Å². The van der Waals surface area contributed by atoms with Gasteiger partial charge in [-0.05, 0) is 50.5 Å². The van der Waals surface area contributed by atoms with Crippen molar-refractivity contribution in [2.45, 2.75) is 39.3 Å². The van der Waals surface area contributed by atoms with Gasteiger partial charge in [0, 0.05) is 31.7 Å². The summed E-state index contributed by atoms with van der Waals surface area (Å²) in [4.78, 5) is 17.3. The van der Waals surface area contributed by atoms with Crippen LogP contribution in [0.5, 0.6) is 11.5 Å². The Morgan fingerprint density at radius 2 is 1.88 bits per heavy atom. The highest BCUT2D eigenvalue weighted by molar-refractivity contribution is 5.83. The van der Waals surface area contributed by atoms with Gasteiger partial charge in [-0.3, -0.25) is 15.0 Å². The Hall–Kier alpha value is -3.40. The molecule has 3 aromatic rings. The van der Waals surface area contributed by atoms with E-state index >= 15 is 0 Å². The van der Waals surface area contributed by atoms with Crippen molar-refractivity contribution in [1.82, 2.24) is 9.88 Å². The molecule has 0 bridgehead atoms. The minimum atomic E-state index is -0.473. The molecule has 10 heteroatoms. The number of non-ortho nitro benzene ring substituents is 1. The molecule has 0 aliphatic carbocycles. The van der Waals surface area contributed by atoms with Gasteiger partial charge in [0.2, 0.25) is 11.4 Å². The average Bonchev–Trinajstić information content (AvgIpc) is 3.21. The summed E-state index contributed by atoms with van der Waals surface area (Å²) in [6.07, 6.45) is 1.69. The summed E-state index contributed by atoms with van der Waals surface area (Å²) < 4.78 is 31.0. The lowest BCUT2D eigenvalue weighted by Gasteiger charge is -2.32. The summed E-state index contributed by atoms with van der Waals surface area (Å²) in [6, 6.07) is 8.58. The Labute approximate surface area is 190 Å². The molecular weight excluding hydrogens is 431 g/mol. The number of nitrogens with zero attached hydrogens (tertiary/aromatic N) is 3. The fourth-order valence-electron chi connectivity index (χ4n) is 4.05. The van der Waals surface area contributed by atoms with Gasteiger partial charge >= 0.3 is 5.69 Å². The van der Waals surface area contributed by atoms with Crippen molar-refractivity contribution in [3.63, 3.8) is 0 Å². The normalized spacial score (nSPS) is 15.0. The van der Waals surface area contributed by atoms with Crippen molar-refractivity contribution in [3.05, 3.63) is 51.8 Å². The number of likely N-dealkylation sites (tertiary alicyclic amines) is 1. The van der Waals surface area contributed by atoms with Crippen LogP contribution in [-0.2, 0) is 6.54 Å². The molecule has 4 rings (SSSR count). The van der Waals surface area contributed by atoms with E-state index in [4.69, 9.17) is 13.9 Å². The number of ether oxygens (including phenoxy) is 2. The fraction of sp³-hybridized carbons (Fsp3) is 0.435. The Morgan fingerprint density at radius 1 is 1.21 bits per heavy atom. The van der Waals surface area contributed by atoms with Crippen LogP contribution in [0.1, 0.15) is 32.3 Å². The number of fused-ring (bicyclic) bond motifs is 1. The van der Waals surface area contributed by atoms with Gasteiger partial charge < -0.3 is 19.2 Å². The van der Waals surface area contributed by atoms with Crippen molar-refractivity contribution >= 4 is 22.8 Å². The number of piperidine rings is 1.